The predicted molar refractivity (Wildman–Crippen MR) is 71.9 cm³/mol. The van der Waals surface area contributed by atoms with Gasteiger partial charge in [-0.3, -0.25) is 0 Å². The third-order valence-corrected chi connectivity index (χ3v) is 2.47. The van der Waals surface area contributed by atoms with Crippen molar-refractivity contribution >= 4 is 11.6 Å². The fourth-order valence-electron chi connectivity index (χ4n) is 1.68. The van der Waals surface area contributed by atoms with Gasteiger partial charge < -0.3 is 9.47 Å². The molecule has 0 bridgehead atoms. The second kappa shape index (κ2) is 7.54. The Balaban J connectivity index is 2.67. The maximum absolute atomic E-state index is 5.93. The first-order valence-electron chi connectivity index (χ1n) is 6.29. The summed E-state index contributed by atoms with van der Waals surface area (Å²) in [5.74, 6) is 1.65. The summed E-state index contributed by atoms with van der Waals surface area (Å²) >= 11 is 5.93. The zero-order valence-corrected chi connectivity index (χ0v) is 12.2. The Bertz CT molecular complexity index is 372. The van der Waals surface area contributed by atoms with Crippen LogP contribution in [0.4, 0.5) is 0 Å². The normalized spacial score (nSPS) is 12.8. The van der Waals surface area contributed by atoms with Crippen molar-refractivity contribution in [3.05, 3.63) is 17.0 Å². The van der Waals surface area contributed by atoms with Gasteiger partial charge in [0, 0.05) is 12.7 Å². The SMILES string of the molecule is CCOCc1nc(Cl)cc(OC(C)CC(C)C)n1. The molecule has 0 saturated carbocycles. The topological polar surface area (TPSA) is 44.2 Å². The maximum Gasteiger partial charge on any atom is 0.218 e. The molecule has 0 radical (unpaired) electrons. The van der Waals surface area contributed by atoms with Crippen LogP contribution in [0.1, 0.15) is 39.9 Å². The lowest BCUT2D eigenvalue weighted by Crippen LogP contribution is -2.16. The molecule has 1 heterocycles. The van der Waals surface area contributed by atoms with Crippen LogP contribution in [-0.4, -0.2) is 22.7 Å². The van der Waals surface area contributed by atoms with E-state index >= 15 is 0 Å². The zero-order valence-electron chi connectivity index (χ0n) is 11.4. The number of halogens is 1. The Morgan fingerprint density at radius 1 is 1.28 bits per heavy atom. The summed E-state index contributed by atoms with van der Waals surface area (Å²) in [4.78, 5) is 8.36. The van der Waals surface area contributed by atoms with Crippen molar-refractivity contribution in [2.45, 2.75) is 46.8 Å². The van der Waals surface area contributed by atoms with Gasteiger partial charge in [-0.1, -0.05) is 25.4 Å². The minimum Gasteiger partial charge on any atom is -0.475 e. The standard InChI is InChI=1S/C13H21ClN2O2/c1-5-17-8-12-15-11(14)7-13(16-12)18-10(4)6-9(2)3/h7,9-10H,5-6,8H2,1-4H3. The summed E-state index contributed by atoms with van der Waals surface area (Å²) in [7, 11) is 0. The van der Waals surface area contributed by atoms with Gasteiger partial charge in [-0.15, -0.1) is 0 Å². The number of aromatic nitrogens is 2. The molecule has 0 aliphatic carbocycles. The number of hydrogen-bond acceptors (Lipinski definition) is 4. The van der Waals surface area contributed by atoms with Crippen LogP contribution in [0.5, 0.6) is 5.88 Å². The number of hydrogen-bond donors (Lipinski definition) is 0. The van der Waals surface area contributed by atoms with Crippen LogP contribution in [0.15, 0.2) is 6.07 Å². The molecule has 0 aliphatic rings. The minimum atomic E-state index is 0.107. The zero-order chi connectivity index (χ0) is 13.5. The molecule has 102 valence electrons. The number of ether oxygens (including phenoxy) is 2. The second-order valence-corrected chi connectivity index (χ2v) is 5.03. The van der Waals surface area contributed by atoms with Gasteiger partial charge in [0.25, 0.3) is 0 Å². The molecule has 0 aliphatic heterocycles. The highest BCUT2D eigenvalue weighted by atomic mass is 35.5. The van der Waals surface area contributed by atoms with Crippen molar-refractivity contribution in [1.82, 2.24) is 9.97 Å². The fraction of sp³-hybridized carbons (Fsp3) is 0.692. The molecule has 18 heavy (non-hydrogen) atoms. The van der Waals surface area contributed by atoms with Crippen LogP contribution in [0.2, 0.25) is 5.15 Å². The largest absolute Gasteiger partial charge is 0.475 e. The van der Waals surface area contributed by atoms with Crippen LogP contribution in [0, 0.1) is 5.92 Å². The Hall–Kier alpha value is -0.870. The molecule has 1 aromatic rings. The van der Waals surface area contributed by atoms with Gasteiger partial charge in [0.05, 0.1) is 6.10 Å². The highest BCUT2D eigenvalue weighted by Gasteiger charge is 2.10. The Morgan fingerprint density at radius 3 is 2.61 bits per heavy atom. The third-order valence-electron chi connectivity index (χ3n) is 2.28. The summed E-state index contributed by atoms with van der Waals surface area (Å²) in [5.41, 5.74) is 0. The molecule has 1 aromatic heterocycles. The summed E-state index contributed by atoms with van der Waals surface area (Å²) in [5, 5.41) is 0.381. The average molecular weight is 273 g/mol. The van der Waals surface area contributed by atoms with E-state index in [1.54, 1.807) is 6.07 Å². The highest BCUT2D eigenvalue weighted by Crippen LogP contribution is 2.17. The van der Waals surface area contributed by atoms with Crippen LogP contribution in [0.25, 0.3) is 0 Å². The molecule has 0 fully saturated rings. The molecule has 0 saturated heterocycles. The predicted octanol–water partition coefficient (Wildman–Crippen LogP) is 3.48. The second-order valence-electron chi connectivity index (χ2n) is 4.64. The lowest BCUT2D eigenvalue weighted by molar-refractivity contribution is 0.126. The number of nitrogens with zero attached hydrogens (tertiary/aromatic N) is 2. The summed E-state index contributed by atoms with van der Waals surface area (Å²) in [6.07, 6.45) is 1.08. The van der Waals surface area contributed by atoms with E-state index in [2.05, 4.69) is 23.8 Å². The fourth-order valence-corrected chi connectivity index (χ4v) is 1.87. The molecule has 1 atom stereocenters. The quantitative estimate of drug-likeness (QED) is 0.713. The van der Waals surface area contributed by atoms with E-state index in [0.29, 0.717) is 36.0 Å². The lowest BCUT2D eigenvalue weighted by atomic mass is 10.1. The molecule has 0 amide bonds. The van der Waals surface area contributed by atoms with Gasteiger partial charge in [0.2, 0.25) is 5.88 Å². The maximum atomic E-state index is 5.93. The summed E-state index contributed by atoms with van der Waals surface area (Å²) in [6.45, 7) is 9.24. The Labute approximate surface area is 114 Å². The third kappa shape index (κ3) is 5.65. The van der Waals surface area contributed by atoms with E-state index in [-0.39, 0.29) is 6.10 Å². The summed E-state index contributed by atoms with van der Waals surface area (Å²) < 4.78 is 11.0. The molecule has 1 rings (SSSR count). The molecule has 0 N–H and O–H groups in total. The van der Waals surface area contributed by atoms with Crippen molar-refractivity contribution < 1.29 is 9.47 Å². The molecular weight excluding hydrogens is 252 g/mol. The van der Waals surface area contributed by atoms with Crippen LogP contribution < -0.4 is 4.74 Å². The number of rotatable bonds is 7. The average Bonchev–Trinajstić information content (AvgIpc) is 2.24. The highest BCUT2D eigenvalue weighted by molar-refractivity contribution is 6.29. The molecule has 4 nitrogen and oxygen atoms in total. The van der Waals surface area contributed by atoms with Gasteiger partial charge >= 0.3 is 0 Å². The van der Waals surface area contributed by atoms with Gasteiger partial charge in [-0.25, -0.2) is 4.98 Å². The first-order valence-corrected chi connectivity index (χ1v) is 6.67. The van der Waals surface area contributed by atoms with E-state index in [1.807, 2.05) is 13.8 Å². The molecule has 1 unspecified atom stereocenters. The van der Waals surface area contributed by atoms with E-state index in [1.165, 1.54) is 0 Å². The lowest BCUT2D eigenvalue weighted by Gasteiger charge is -2.16. The smallest absolute Gasteiger partial charge is 0.218 e. The van der Waals surface area contributed by atoms with Gasteiger partial charge in [0.15, 0.2) is 5.82 Å². The van der Waals surface area contributed by atoms with Crippen LogP contribution >= 0.6 is 11.6 Å². The minimum absolute atomic E-state index is 0.107. The summed E-state index contributed by atoms with van der Waals surface area (Å²) in [6, 6.07) is 1.63. The first-order chi connectivity index (χ1) is 8.51. The Morgan fingerprint density at radius 2 is 2.00 bits per heavy atom. The van der Waals surface area contributed by atoms with Gasteiger partial charge in [-0.2, -0.15) is 4.98 Å². The van der Waals surface area contributed by atoms with E-state index < -0.39 is 0 Å². The van der Waals surface area contributed by atoms with Crippen LogP contribution in [0.3, 0.4) is 0 Å². The van der Waals surface area contributed by atoms with Crippen molar-refractivity contribution in [1.29, 1.82) is 0 Å². The van der Waals surface area contributed by atoms with E-state index in [9.17, 15) is 0 Å². The van der Waals surface area contributed by atoms with Gasteiger partial charge in [0.1, 0.15) is 11.8 Å². The van der Waals surface area contributed by atoms with Crippen molar-refractivity contribution in [3.63, 3.8) is 0 Å². The molecular formula is C13H21ClN2O2. The van der Waals surface area contributed by atoms with E-state index in [0.717, 1.165) is 6.42 Å². The molecule has 5 heteroatoms. The van der Waals surface area contributed by atoms with Crippen molar-refractivity contribution in [3.8, 4) is 5.88 Å². The monoisotopic (exact) mass is 272 g/mol. The molecule has 0 spiro atoms. The van der Waals surface area contributed by atoms with Crippen molar-refractivity contribution in [2.75, 3.05) is 6.61 Å². The van der Waals surface area contributed by atoms with E-state index in [4.69, 9.17) is 21.1 Å². The molecule has 0 aromatic carbocycles. The van der Waals surface area contributed by atoms with Gasteiger partial charge in [-0.05, 0) is 26.2 Å². The van der Waals surface area contributed by atoms with Crippen LogP contribution in [-0.2, 0) is 11.3 Å². The Kier molecular flexibility index (Phi) is 6.36. The van der Waals surface area contributed by atoms with Crippen molar-refractivity contribution in [2.24, 2.45) is 5.92 Å². The first kappa shape index (κ1) is 15.2.